The van der Waals surface area contributed by atoms with Crippen molar-refractivity contribution < 1.29 is 14.3 Å². The number of aromatic nitrogens is 1. The number of rotatable bonds is 6. The highest BCUT2D eigenvalue weighted by Gasteiger charge is 2.13. The predicted octanol–water partition coefficient (Wildman–Crippen LogP) is 3.13. The summed E-state index contributed by atoms with van der Waals surface area (Å²) < 4.78 is 11.0. The molecule has 1 atom stereocenters. The highest BCUT2D eigenvalue weighted by Crippen LogP contribution is 2.13. The van der Waals surface area contributed by atoms with Crippen LogP contribution in [-0.4, -0.2) is 37.3 Å². The zero-order valence-corrected chi connectivity index (χ0v) is 12.5. The minimum Gasteiger partial charge on any atom is -0.393 e. The summed E-state index contributed by atoms with van der Waals surface area (Å²) in [5, 5.41) is 5.04. The molecule has 0 N–H and O–H groups in total. The molecule has 22 heavy (non-hydrogen) atoms. The third-order valence-electron chi connectivity index (χ3n) is 3.50. The van der Waals surface area contributed by atoms with Crippen LogP contribution in [0.25, 0.3) is 10.9 Å². The van der Waals surface area contributed by atoms with Gasteiger partial charge < -0.3 is 14.3 Å². The van der Waals surface area contributed by atoms with E-state index >= 15 is 0 Å². The van der Waals surface area contributed by atoms with E-state index < -0.39 is 0 Å². The molecule has 2 aromatic rings. The van der Waals surface area contributed by atoms with E-state index in [1.165, 1.54) is 0 Å². The van der Waals surface area contributed by atoms with Crippen LogP contribution in [-0.2, 0) is 14.3 Å². The minimum absolute atomic E-state index is 0.0801. The number of ether oxygens (including phenoxy) is 2. The molecule has 0 amide bonds. The summed E-state index contributed by atoms with van der Waals surface area (Å²) in [5.74, 6) is 0. The van der Waals surface area contributed by atoms with Crippen molar-refractivity contribution in [3.8, 4) is 0 Å². The van der Waals surface area contributed by atoms with Gasteiger partial charge in [-0.2, -0.15) is 0 Å². The van der Waals surface area contributed by atoms with E-state index in [4.69, 9.17) is 14.3 Å². The fraction of sp³-hybridized carbons (Fsp3) is 0.412. The molecule has 1 fully saturated rings. The van der Waals surface area contributed by atoms with Crippen LogP contribution in [0.3, 0.4) is 0 Å². The van der Waals surface area contributed by atoms with Gasteiger partial charge in [-0.3, -0.25) is 0 Å². The van der Waals surface area contributed by atoms with E-state index in [0.29, 0.717) is 13.2 Å². The number of fused-ring (bicyclic) bond motifs is 1. The molecule has 0 spiro atoms. The highest BCUT2D eigenvalue weighted by molar-refractivity contribution is 5.84. The fourth-order valence-electron chi connectivity index (χ4n) is 2.36. The van der Waals surface area contributed by atoms with Crippen molar-refractivity contribution in [2.45, 2.75) is 25.6 Å². The first-order valence-corrected chi connectivity index (χ1v) is 7.66. The third-order valence-corrected chi connectivity index (χ3v) is 3.50. The molecule has 116 valence electrons. The molecule has 1 aromatic carbocycles. The van der Waals surface area contributed by atoms with Gasteiger partial charge in [0.05, 0.1) is 24.0 Å². The number of hydrogen-bond acceptors (Lipinski definition) is 5. The van der Waals surface area contributed by atoms with Crippen molar-refractivity contribution >= 4 is 17.1 Å². The Balaban J connectivity index is 1.41. The first kappa shape index (κ1) is 14.9. The number of pyridine rings is 1. The van der Waals surface area contributed by atoms with Gasteiger partial charge >= 0.3 is 0 Å². The van der Waals surface area contributed by atoms with Crippen molar-refractivity contribution in [2.75, 3.05) is 19.8 Å². The van der Waals surface area contributed by atoms with E-state index in [0.717, 1.165) is 42.5 Å². The summed E-state index contributed by atoms with van der Waals surface area (Å²) in [6, 6.07) is 11.9. The van der Waals surface area contributed by atoms with Crippen molar-refractivity contribution in [3.05, 3.63) is 42.1 Å². The van der Waals surface area contributed by atoms with Gasteiger partial charge in [0.15, 0.2) is 6.29 Å². The molecule has 5 nitrogen and oxygen atoms in total. The maximum atomic E-state index is 5.56. The number of hydrogen-bond donors (Lipinski definition) is 0. The fourth-order valence-corrected chi connectivity index (χ4v) is 2.36. The quantitative estimate of drug-likeness (QED) is 0.467. The Morgan fingerprint density at radius 2 is 2.14 bits per heavy atom. The smallest absolute Gasteiger partial charge is 0.157 e. The van der Waals surface area contributed by atoms with Gasteiger partial charge in [0.2, 0.25) is 0 Å². The summed E-state index contributed by atoms with van der Waals surface area (Å²) in [6.45, 7) is 1.68. The lowest BCUT2D eigenvalue weighted by atomic mass is 10.2. The molecule has 3 rings (SSSR count). The van der Waals surface area contributed by atoms with Gasteiger partial charge in [0.1, 0.15) is 6.61 Å². The summed E-state index contributed by atoms with van der Waals surface area (Å²) >= 11 is 0. The van der Waals surface area contributed by atoms with E-state index in [-0.39, 0.29) is 6.29 Å². The second-order valence-corrected chi connectivity index (χ2v) is 5.16. The molecule has 1 unspecified atom stereocenters. The Morgan fingerprint density at radius 1 is 1.18 bits per heavy atom. The number of oxime groups is 1. The SMILES string of the molecule is C(=NOCCOC1CCCCO1)c1ccc2ccccc2n1. The van der Waals surface area contributed by atoms with Crippen LogP contribution in [0.2, 0.25) is 0 Å². The summed E-state index contributed by atoms with van der Waals surface area (Å²) in [5.41, 5.74) is 1.72. The Labute approximate surface area is 129 Å². The summed E-state index contributed by atoms with van der Waals surface area (Å²) in [4.78, 5) is 9.68. The average molecular weight is 300 g/mol. The van der Waals surface area contributed by atoms with Gasteiger partial charge in [-0.1, -0.05) is 29.4 Å². The van der Waals surface area contributed by atoms with Crippen LogP contribution in [0.1, 0.15) is 25.0 Å². The molecule has 0 bridgehead atoms. The zero-order chi connectivity index (χ0) is 15.0. The first-order valence-electron chi connectivity index (χ1n) is 7.66. The maximum absolute atomic E-state index is 5.56. The normalized spacial score (nSPS) is 18.8. The summed E-state index contributed by atoms with van der Waals surface area (Å²) in [6.07, 6.45) is 4.79. The molecule has 1 saturated heterocycles. The minimum atomic E-state index is -0.0801. The molecule has 1 aromatic heterocycles. The topological polar surface area (TPSA) is 52.9 Å². The zero-order valence-electron chi connectivity index (χ0n) is 12.5. The van der Waals surface area contributed by atoms with E-state index in [2.05, 4.69) is 10.1 Å². The van der Waals surface area contributed by atoms with Crippen LogP contribution < -0.4 is 0 Å². The molecule has 2 heterocycles. The Morgan fingerprint density at radius 3 is 3.05 bits per heavy atom. The van der Waals surface area contributed by atoms with Gasteiger partial charge in [-0.25, -0.2) is 4.98 Å². The first-order chi connectivity index (χ1) is 10.9. The molecule has 5 heteroatoms. The van der Waals surface area contributed by atoms with Gasteiger partial charge in [-0.15, -0.1) is 0 Å². The second kappa shape index (κ2) is 7.87. The van der Waals surface area contributed by atoms with Crippen LogP contribution in [0, 0.1) is 0 Å². The highest BCUT2D eigenvalue weighted by atomic mass is 16.7. The lowest BCUT2D eigenvalue weighted by Gasteiger charge is -2.22. The molecule has 1 aliphatic heterocycles. The van der Waals surface area contributed by atoms with E-state index in [9.17, 15) is 0 Å². The van der Waals surface area contributed by atoms with Gasteiger partial charge in [0.25, 0.3) is 0 Å². The van der Waals surface area contributed by atoms with Crippen LogP contribution in [0.4, 0.5) is 0 Å². The summed E-state index contributed by atoms with van der Waals surface area (Å²) in [7, 11) is 0. The second-order valence-electron chi connectivity index (χ2n) is 5.16. The number of para-hydroxylation sites is 1. The Bertz CT molecular complexity index is 624. The van der Waals surface area contributed by atoms with Crippen molar-refractivity contribution in [3.63, 3.8) is 0 Å². The Kier molecular flexibility index (Phi) is 5.34. The van der Waals surface area contributed by atoms with E-state index in [1.54, 1.807) is 6.21 Å². The van der Waals surface area contributed by atoms with Crippen LogP contribution >= 0.6 is 0 Å². The molecular formula is C17H20N2O3. The number of nitrogens with zero attached hydrogens (tertiary/aromatic N) is 2. The average Bonchev–Trinajstić information content (AvgIpc) is 2.59. The van der Waals surface area contributed by atoms with Gasteiger partial charge in [-0.05, 0) is 31.4 Å². The van der Waals surface area contributed by atoms with Crippen LogP contribution in [0.15, 0.2) is 41.6 Å². The standard InChI is InChI=1S/C17H20N2O3/c1-2-6-16-14(5-1)8-9-15(19-16)13-18-22-12-11-21-17-7-3-4-10-20-17/h1-2,5-6,8-9,13,17H,3-4,7,10-12H2. The Hall–Kier alpha value is -1.98. The van der Waals surface area contributed by atoms with Gasteiger partial charge in [0, 0.05) is 12.0 Å². The van der Waals surface area contributed by atoms with Crippen LogP contribution in [0.5, 0.6) is 0 Å². The van der Waals surface area contributed by atoms with Crippen molar-refractivity contribution in [1.29, 1.82) is 0 Å². The van der Waals surface area contributed by atoms with E-state index in [1.807, 2.05) is 36.4 Å². The largest absolute Gasteiger partial charge is 0.393 e. The molecule has 0 saturated carbocycles. The predicted molar refractivity (Wildman–Crippen MR) is 84.8 cm³/mol. The molecule has 0 radical (unpaired) electrons. The van der Waals surface area contributed by atoms with Crippen molar-refractivity contribution in [1.82, 2.24) is 4.98 Å². The van der Waals surface area contributed by atoms with Crippen molar-refractivity contribution in [2.24, 2.45) is 5.16 Å². The number of benzene rings is 1. The molecular weight excluding hydrogens is 280 g/mol. The molecule has 0 aliphatic carbocycles. The lowest BCUT2D eigenvalue weighted by Crippen LogP contribution is -2.23. The monoisotopic (exact) mass is 300 g/mol. The molecule has 1 aliphatic rings. The third kappa shape index (κ3) is 4.26. The lowest BCUT2D eigenvalue weighted by molar-refractivity contribution is -0.168. The maximum Gasteiger partial charge on any atom is 0.157 e.